The Morgan fingerprint density at radius 1 is 1.32 bits per heavy atom. The Bertz CT molecular complexity index is 649. The van der Waals surface area contributed by atoms with Gasteiger partial charge in [0.2, 0.25) is 0 Å². The standard InChI is InChI=1S/C16H16ClFN2O2/c1-10(14(22-2)11-5-7-12(18)8-6-11)20-16(21)13-4-3-9-19-15(13)17/h3-10,14H,1-2H3,(H,20,21)/t10-,14-/m0/s1. The maximum Gasteiger partial charge on any atom is 0.254 e. The number of nitrogens with one attached hydrogen (secondary N) is 1. The van der Waals surface area contributed by atoms with Crippen LogP contribution < -0.4 is 5.32 Å². The topological polar surface area (TPSA) is 51.2 Å². The van der Waals surface area contributed by atoms with Gasteiger partial charge >= 0.3 is 0 Å². The molecule has 0 bridgehead atoms. The summed E-state index contributed by atoms with van der Waals surface area (Å²) >= 11 is 5.91. The van der Waals surface area contributed by atoms with Crippen molar-refractivity contribution >= 4 is 17.5 Å². The minimum atomic E-state index is -0.403. The van der Waals surface area contributed by atoms with Gasteiger partial charge in [0.25, 0.3) is 5.91 Å². The van der Waals surface area contributed by atoms with Gasteiger partial charge in [-0.1, -0.05) is 23.7 Å². The number of carbonyl (C=O) groups excluding carboxylic acids is 1. The molecule has 2 aromatic rings. The van der Waals surface area contributed by atoms with Crippen molar-refractivity contribution in [2.24, 2.45) is 0 Å². The first-order valence-corrected chi connectivity index (χ1v) is 7.10. The summed E-state index contributed by atoms with van der Waals surface area (Å²) < 4.78 is 18.4. The van der Waals surface area contributed by atoms with E-state index in [-0.39, 0.29) is 22.9 Å². The summed E-state index contributed by atoms with van der Waals surface area (Å²) in [5.41, 5.74) is 1.07. The molecule has 116 valence electrons. The number of benzene rings is 1. The van der Waals surface area contributed by atoms with Crippen molar-refractivity contribution in [2.75, 3.05) is 7.11 Å². The Hall–Kier alpha value is -1.98. The summed E-state index contributed by atoms with van der Waals surface area (Å²) in [6.07, 6.45) is 1.11. The molecule has 6 heteroatoms. The normalized spacial score (nSPS) is 13.5. The van der Waals surface area contributed by atoms with Gasteiger partial charge in [0.1, 0.15) is 17.1 Å². The number of hydrogen-bond acceptors (Lipinski definition) is 3. The van der Waals surface area contributed by atoms with E-state index in [9.17, 15) is 9.18 Å². The van der Waals surface area contributed by atoms with E-state index in [0.29, 0.717) is 5.56 Å². The predicted molar refractivity (Wildman–Crippen MR) is 82.3 cm³/mol. The third-order valence-corrected chi connectivity index (χ3v) is 3.57. The molecule has 1 amide bonds. The monoisotopic (exact) mass is 322 g/mol. The van der Waals surface area contributed by atoms with Gasteiger partial charge in [-0.25, -0.2) is 9.37 Å². The van der Waals surface area contributed by atoms with Crippen molar-refractivity contribution in [1.82, 2.24) is 10.3 Å². The SMILES string of the molecule is CO[C@H](c1ccc(F)cc1)[C@H](C)NC(=O)c1cccnc1Cl. The van der Waals surface area contributed by atoms with Crippen LogP contribution in [0.5, 0.6) is 0 Å². The number of nitrogens with zero attached hydrogens (tertiary/aromatic N) is 1. The van der Waals surface area contributed by atoms with Crippen LogP contribution in [-0.4, -0.2) is 24.0 Å². The third-order valence-electron chi connectivity index (χ3n) is 3.27. The first-order valence-electron chi connectivity index (χ1n) is 6.72. The van der Waals surface area contributed by atoms with Gasteiger partial charge in [-0.3, -0.25) is 4.79 Å². The van der Waals surface area contributed by atoms with E-state index in [1.807, 2.05) is 0 Å². The molecule has 1 aromatic heterocycles. The summed E-state index contributed by atoms with van der Waals surface area (Å²) in [5, 5.41) is 2.96. The number of carbonyl (C=O) groups is 1. The molecule has 2 rings (SSSR count). The van der Waals surface area contributed by atoms with Crippen LogP contribution in [-0.2, 0) is 4.74 Å². The first kappa shape index (κ1) is 16.4. The van der Waals surface area contributed by atoms with Crippen LogP contribution in [0.1, 0.15) is 28.9 Å². The highest BCUT2D eigenvalue weighted by molar-refractivity contribution is 6.32. The Balaban J connectivity index is 2.12. The minimum Gasteiger partial charge on any atom is -0.375 e. The molecular formula is C16H16ClFN2O2. The molecule has 0 unspecified atom stereocenters. The number of hydrogen-bond donors (Lipinski definition) is 1. The van der Waals surface area contributed by atoms with Gasteiger partial charge in [-0.05, 0) is 36.8 Å². The molecule has 0 aliphatic carbocycles. The molecule has 1 aromatic carbocycles. The number of pyridine rings is 1. The molecule has 4 nitrogen and oxygen atoms in total. The average Bonchev–Trinajstić information content (AvgIpc) is 2.50. The summed E-state index contributed by atoms with van der Waals surface area (Å²) in [6, 6.07) is 8.86. The zero-order valence-electron chi connectivity index (χ0n) is 12.2. The quantitative estimate of drug-likeness (QED) is 0.859. The fourth-order valence-electron chi connectivity index (χ4n) is 2.20. The smallest absolute Gasteiger partial charge is 0.254 e. The van der Waals surface area contributed by atoms with E-state index in [0.717, 1.165) is 5.56 Å². The number of ether oxygens (including phenoxy) is 1. The van der Waals surface area contributed by atoms with Crippen molar-refractivity contribution in [2.45, 2.75) is 19.1 Å². The van der Waals surface area contributed by atoms with Crippen LogP contribution in [0.4, 0.5) is 4.39 Å². The summed E-state index contributed by atoms with van der Waals surface area (Å²) in [7, 11) is 1.54. The van der Waals surface area contributed by atoms with Gasteiger partial charge in [0, 0.05) is 13.3 Å². The molecule has 0 saturated carbocycles. The van der Waals surface area contributed by atoms with E-state index in [1.165, 1.54) is 25.4 Å². The van der Waals surface area contributed by atoms with Gasteiger partial charge in [0.05, 0.1) is 11.6 Å². The largest absolute Gasteiger partial charge is 0.375 e. The highest BCUT2D eigenvalue weighted by atomic mass is 35.5. The number of rotatable bonds is 5. The molecule has 1 heterocycles. The Labute approximate surface area is 133 Å². The Morgan fingerprint density at radius 2 is 2.00 bits per heavy atom. The molecule has 22 heavy (non-hydrogen) atoms. The molecule has 0 aliphatic rings. The van der Waals surface area contributed by atoms with E-state index >= 15 is 0 Å². The van der Waals surface area contributed by atoms with E-state index < -0.39 is 6.10 Å². The average molecular weight is 323 g/mol. The van der Waals surface area contributed by atoms with Crippen LogP contribution in [0.15, 0.2) is 42.6 Å². The zero-order chi connectivity index (χ0) is 16.1. The fraction of sp³-hybridized carbons (Fsp3) is 0.250. The lowest BCUT2D eigenvalue weighted by atomic mass is 10.0. The number of halogens is 2. The lowest BCUT2D eigenvalue weighted by Crippen LogP contribution is -2.38. The molecule has 0 radical (unpaired) electrons. The van der Waals surface area contributed by atoms with Gasteiger partial charge < -0.3 is 10.1 Å². The van der Waals surface area contributed by atoms with E-state index in [4.69, 9.17) is 16.3 Å². The number of methoxy groups -OCH3 is 1. The van der Waals surface area contributed by atoms with Crippen LogP contribution in [0, 0.1) is 5.82 Å². The Morgan fingerprint density at radius 3 is 2.59 bits per heavy atom. The molecule has 1 N–H and O–H groups in total. The van der Waals surface area contributed by atoms with Crippen LogP contribution in [0.2, 0.25) is 5.15 Å². The summed E-state index contributed by atoms with van der Waals surface area (Å²) in [4.78, 5) is 16.1. The van der Waals surface area contributed by atoms with Crippen molar-refractivity contribution in [1.29, 1.82) is 0 Å². The highest BCUT2D eigenvalue weighted by Crippen LogP contribution is 2.21. The highest BCUT2D eigenvalue weighted by Gasteiger charge is 2.22. The maximum absolute atomic E-state index is 13.0. The zero-order valence-corrected chi connectivity index (χ0v) is 13.0. The van der Waals surface area contributed by atoms with Crippen molar-refractivity contribution in [3.05, 3.63) is 64.7 Å². The molecule has 2 atom stereocenters. The van der Waals surface area contributed by atoms with Crippen LogP contribution in [0.25, 0.3) is 0 Å². The molecular weight excluding hydrogens is 307 g/mol. The molecule has 0 spiro atoms. The van der Waals surface area contributed by atoms with Gasteiger partial charge in [-0.2, -0.15) is 0 Å². The van der Waals surface area contributed by atoms with Crippen molar-refractivity contribution in [3.8, 4) is 0 Å². The minimum absolute atomic E-state index is 0.142. The first-order chi connectivity index (χ1) is 10.5. The summed E-state index contributed by atoms with van der Waals surface area (Å²) in [5.74, 6) is -0.660. The second-order valence-electron chi connectivity index (χ2n) is 4.81. The second kappa shape index (κ2) is 7.33. The maximum atomic E-state index is 13.0. The van der Waals surface area contributed by atoms with Gasteiger partial charge in [0.15, 0.2) is 0 Å². The number of aromatic nitrogens is 1. The predicted octanol–water partition coefficient (Wildman–Crippen LogP) is 3.38. The molecule has 0 aliphatic heterocycles. The van der Waals surface area contributed by atoms with E-state index in [1.54, 1.807) is 31.2 Å². The number of amides is 1. The Kier molecular flexibility index (Phi) is 5.46. The lowest BCUT2D eigenvalue weighted by Gasteiger charge is -2.24. The molecule has 0 saturated heterocycles. The van der Waals surface area contributed by atoms with Crippen LogP contribution >= 0.6 is 11.6 Å². The third kappa shape index (κ3) is 3.81. The van der Waals surface area contributed by atoms with Crippen molar-refractivity contribution < 1.29 is 13.9 Å². The van der Waals surface area contributed by atoms with Crippen molar-refractivity contribution in [3.63, 3.8) is 0 Å². The fourth-order valence-corrected chi connectivity index (χ4v) is 2.40. The van der Waals surface area contributed by atoms with Gasteiger partial charge in [-0.15, -0.1) is 0 Å². The van der Waals surface area contributed by atoms with Crippen LogP contribution in [0.3, 0.4) is 0 Å². The lowest BCUT2D eigenvalue weighted by molar-refractivity contribution is 0.0644. The summed E-state index contributed by atoms with van der Waals surface area (Å²) in [6.45, 7) is 1.81. The molecule has 0 fully saturated rings. The van der Waals surface area contributed by atoms with E-state index in [2.05, 4.69) is 10.3 Å². The second-order valence-corrected chi connectivity index (χ2v) is 5.17.